The Morgan fingerprint density at radius 3 is 2.39 bits per heavy atom. The van der Waals surface area contributed by atoms with Crippen molar-refractivity contribution in [3.8, 4) is 0 Å². The average molecular weight is 376 g/mol. The Kier molecular flexibility index (Phi) is 6.80. The molecular formula is C25H28O3. The summed E-state index contributed by atoms with van der Waals surface area (Å²) in [5.41, 5.74) is 4.89. The van der Waals surface area contributed by atoms with Gasteiger partial charge in [0.15, 0.2) is 11.5 Å². The zero-order chi connectivity index (χ0) is 19.9. The van der Waals surface area contributed by atoms with E-state index < -0.39 is 0 Å². The molecule has 0 radical (unpaired) electrons. The van der Waals surface area contributed by atoms with E-state index in [4.69, 9.17) is 4.42 Å². The van der Waals surface area contributed by atoms with Crippen molar-refractivity contribution in [2.75, 3.05) is 0 Å². The SMILES string of the molecule is CCC1C(CCC(=O)Cc2cccc(C)c2)=CC=C1CCC(=O)c1ccco1. The summed E-state index contributed by atoms with van der Waals surface area (Å²) >= 11 is 0. The number of aryl methyl sites for hydroxylation is 1. The van der Waals surface area contributed by atoms with Crippen LogP contribution >= 0.6 is 0 Å². The maximum atomic E-state index is 12.4. The Hall–Kier alpha value is -2.68. The fraction of sp³-hybridized carbons (Fsp3) is 0.360. The highest BCUT2D eigenvalue weighted by Gasteiger charge is 2.22. The summed E-state index contributed by atoms with van der Waals surface area (Å²) < 4.78 is 5.19. The van der Waals surface area contributed by atoms with Gasteiger partial charge in [-0.25, -0.2) is 0 Å². The normalized spacial score (nSPS) is 16.0. The molecule has 146 valence electrons. The first kappa shape index (κ1) is 20.1. The second kappa shape index (κ2) is 9.50. The predicted molar refractivity (Wildman–Crippen MR) is 111 cm³/mol. The summed E-state index contributed by atoms with van der Waals surface area (Å²) in [6.45, 7) is 4.22. The third kappa shape index (κ3) is 5.19. The Morgan fingerprint density at radius 2 is 1.75 bits per heavy atom. The molecule has 0 bridgehead atoms. The lowest BCUT2D eigenvalue weighted by atomic mass is 9.87. The fourth-order valence-corrected chi connectivity index (χ4v) is 3.96. The first-order valence-electron chi connectivity index (χ1n) is 10.1. The van der Waals surface area contributed by atoms with Gasteiger partial charge in [-0.05, 0) is 43.9 Å². The van der Waals surface area contributed by atoms with Gasteiger partial charge < -0.3 is 4.42 Å². The van der Waals surface area contributed by atoms with Crippen molar-refractivity contribution >= 4 is 11.6 Å². The highest BCUT2D eigenvalue weighted by atomic mass is 16.3. The number of rotatable bonds is 10. The largest absolute Gasteiger partial charge is 0.461 e. The van der Waals surface area contributed by atoms with Crippen LogP contribution in [-0.2, 0) is 11.2 Å². The standard InChI is InChI=1S/C25H28O3/c1-3-23-20(11-13-22(26)17-19-7-4-6-18(2)16-19)9-10-21(23)12-14-24(27)25-8-5-15-28-25/h4-10,15-16,23H,3,11-14,17H2,1-2H3. The van der Waals surface area contributed by atoms with Crippen LogP contribution in [0, 0.1) is 12.8 Å². The van der Waals surface area contributed by atoms with E-state index in [9.17, 15) is 9.59 Å². The molecule has 1 heterocycles. The van der Waals surface area contributed by atoms with Crippen LogP contribution in [0.2, 0.25) is 0 Å². The van der Waals surface area contributed by atoms with E-state index in [0.29, 0.717) is 30.9 Å². The van der Waals surface area contributed by atoms with Gasteiger partial charge in [-0.1, -0.05) is 60.1 Å². The van der Waals surface area contributed by atoms with Gasteiger partial charge in [-0.3, -0.25) is 9.59 Å². The Bertz CT molecular complexity index is 884. The Balaban J connectivity index is 1.47. The number of hydrogen-bond donors (Lipinski definition) is 0. The molecule has 3 nitrogen and oxygen atoms in total. The summed E-state index contributed by atoms with van der Waals surface area (Å²) in [5.74, 6) is 1.11. The van der Waals surface area contributed by atoms with E-state index in [-0.39, 0.29) is 11.6 Å². The molecule has 0 amide bonds. The number of Topliss-reactive ketones (excluding diaryl/α,β-unsaturated/α-hetero) is 2. The molecule has 3 heteroatoms. The second-order valence-corrected chi connectivity index (χ2v) is 7.55. The predicted octanol–water partition coefficient (Wildman–Crippen LogP) is 6.04. The molecule has 0 N–H and O–H groups in total. The average Bonchev–Trinajstić information content (AvgIpc) is 3.34. The number of hydrogen-bond acceptors (Lipinski definition) is 3. The summed E-state index contributed by atoms with van der Waals surface area (Å²) in [4.78, 5) is 24.6. The van der Waals surface area contributed by atoms with Crippen LogP contribution in [0.3, 0.4) is 0 Å². The van der Waals surface area contributed by atoms with E-state index in [1.165, 1.54) is 23.0 Å². The molecule has 28 heavy (non-hydrogen) atoms. The van der Waals surface area contributed by atoms with Crippen molar-refractivity contribution in [3.63, 3.8) is 0 Å². The molecule has 0 fully saturated rings. The number of ketones is 2. The van der Waals surface area contributed by atoms with E-state index in [0.717, 1.165) is 24.8 Å². The van der Waals surface area contributed by atoms with Crippen molar-refractivity contribution in [2.45, 2.75) is 52.4 Å². The monoisotopic (exact) mass is 376 g/mol. The minimum atomic E-state index is 0.0440. The van der Waals surface area contributed by atoms with Crippen molar-refractivity contribution in [1.29, 1.82) is 0 Å². The molecule has 1 aromatic heterocycles. The summed E-state index contributed by atoms with van der Waals surface area (Å²) in [6, 6.07) is 11.6. The summed E-state index contributed by atoms with van der Waals surface area (Å²) in [5, 5.41) is 0. The third-order valence-corrected chi connectivity index (χ3v) is 5.43. The van der Waals surface area contributed by atoms with Crippen molar-refractivity contribution < 1.29 is 14.0 Å². The lowest BCUT2D eigenvalue weighted by Gasteiger charge is -2.17. The van der Waals surface area contributed by atoms with Crippen LogP contribution in [0.1, 0.15) is 60.7 Å². The van der Waals surface area contributed by atoms with Gasteiger partial charge in [-0.15, -0.1) is 0 Å². The van der Waals surface area contributed by atoms with Gasteiger partial charge in [0.2, 0.25) is 0 Å². The van der Waals surface area contributed by atoms with Crippen LogP contribution in [-0.4, -0.2) is 11.6 Å². The molecular weight excluding hydrogens is 348 g/mol. The number of carbonyl (C=O) groups is 2. The number of benzene rings is 1. The summed E-state index contributed by atoms with van der Waals surface area (Å²) in [7, 11) is 0. The molecule has 0 saturated carbocycles. The lowest BCUT2D eigenvalue weighted by Crippen LogP contribution is -2.08. The minimum Gasteiger partial charge on any atom is -0.461 e. The zero-order valence-corrected chi connectivity index (χ0v) is 16.7. The smallest absolute Gasteiger partial charge is 0.198 e. The maximum Gasteiger partial charge on any atom is 0.198 e. The second-order valence-electron chi connectivity index (χ2n) is 7.55. The number of furan rings is 1. The van der Waals surface area contributed by atoms with Gasteiger partial charge in [0, 0.05) is 25.2 Å². The highest BCUT2D eigenvalue weighted by Crippen LogP contribution is 2.35. The molecule has 1 aliphatic carbocycles. The van der Waals surface area contributed by atoms with Crippen LogP contribution in [0.25, 0.3) is 0 Å². The summed E-state index contributed by atoms with van der Waals surface area (Å²) in [6.07, 6.45) is 9.91. The van der Waals surface area contributed by atoms with Crippen LogP contribution < -0.4 is 0 Å². The molecule has 1 atom stereocenters. The number of carbonyl (C=O) groups excluding carboxylic acids is 2. The Morgan fingerprint density at radius 1 is 1.00 bits per heavy atom. The molecule has 1 aliphatic rings. The van der Waals surface area contributed by atoms with E-state index >= 15 is 0 Å². The molecule has 1 unspecified atom stereocenters. The molecule has 2 aromatic rings. The molecule has 0 aliphatic heterocycles. The maximum absolute atomic E-state index is 12.4. The first-order chi connectivity index (χ1) is 13.6. The van der Waals surface area contributed by atoms with Crippen molar-refractivity contribution in [2.24, 2.45) is 5.92 Å². The quantitative estimate of drug-likeness (QED) is 0.475. The molecule has 1 aromatic carbocycles. The molecule has 0 saturated heterocycles. The highest BCUT2D eigenvalue weighted by molar-refractivity contribution is 5.93. The van der Waals surface area contributed by atoms with E-state index in [2.05, 4.69) is 25.1 Å². The van der Waals surface area contributed by atoms with E-state index in [1.807, 2.05) is 25.1 Å². The lowest BCUT2D eigenvalue weighted by molar-refractivity contribution is -0.118. The van der Waals surface area contributed by atoms with Crippen molar-refractivity contribution in [3.05, 3.63) is 82.8 Å². The first-order valence-corrected chi connectivity index (χ1v) is 10.1. The zero-order valence-electron chi connectivity index (χ0n) is 16.7. The Labute approximate surface area is 167 Å². The van der Waals surface area contributed by atoms with Crippen LogP contribution in [0.5, 0.6) is 0 Å². The van der Waals surface area contributed by atoms with Gasteiger partial charge >= 0.3 is 0 Å². The van der Waals surface area contributed by atoms with Crippen LogP contribution in [0.4, 0.5) is 0 Å². The van der Waals surface area contributed by atoms with Gasteiger partial charge in [0.05, 0.1) is 6.26 Å². The van der Waals surface area contributed by atoms with Gasteiger partial charge in [-0.2, -0.15) is 0 Å². The topological polar surface area (TPSA) is 47.3 Å². The van der Waals surface area contributed by atoms with E-state index in [1.54, 1.807) is 12.1 Å². The van der Waals surface area contributed by atoms with Crippen molar-refractivity contribution in [1.82, 2.24) is 0 Å². The number of allylic oxidation sites excluding steroid dienone is 4. The fourth-order valence-electron chi connectivity index (χ4n) is 3.96. The molecule has 3 rings (SSSR count). The molecule has 0 spiro atoms. The third-order valence-electron chi connectivity index (χ3n) is 5.43. The van der Waals surface area contributed by atoms with Crippen LogP contribution in [0.15, 0.2) is 70.4 Å². The van der Waals surface area contributed by atoms with Gasteiger partial charge in [0.25, 0.3) is 0 Å². The minimum absolute atomic E-state index is 0.0440. The van der Waals surface area contributed by atoms with Gasteiger partial charge in [0.1, 0.15) is 5.78 Å².